The topological polar surface area (TPSA) is 41.6 Å². The number of nitrogens with zero attached hydrogens (tertiary/aromatic N) is 1. The van der Waals surface area contributed by atoms with Crippen LogP contribution in [0.15, 0.2) is 0 Å². The van der Waals surface area contributed by atoms with Gasteiger partial charge in [-0.1, -0.05) is 20.8 Å². The summed E-state index contributed by atoms with van der Waals surface area (Å²) < 4.78 is 4.73. The van der Waals surface area contributed by atoms with Gasteiger partial charge in [0.2, 0.25) is 0 Å². The fourth-order valence-corrected chi connectivity index (χ4v) is 3.32. The normalized spacial score (nSPS) is 29.1. The first-order valence-electron chi connectivity index (χ1n) is 7.46. The van der Waals surface area contributed by atoms with Crippen LogP contribution in [0.25, 0.3) is 0 Å². The van der Waals surface area contributed by atoms with E-state index in [9.17, 15) is 4.79 Å². The molecule has 1 saturated carbocycles. The molecule has 2 fully saturated rings. The van der Waals surface area contributed by atoms with E-state index in [4.69, 9.17) is 4.74 Å². The van der Waals surface area contributed by atoms with Gasteiger partial charge in [-0.15, -0.1) is 0 Å². The standard InChI is InChI=1S/C15H28N2O2/c1-15(2,3)8-11-7-12(16-14(18)19-4)10-17(9-11)13-5-6-13/h11-13H,5-10H2,1-4H3,(H,16,18). The van der Waals surface area contributed by atoms with Gasteiger partial charge in [0.1, 0.15) is 0 Å². The number of nitrogens with one attached hydrogen (secondary N) is 1. The van der Waals surface area contributed by atoms with Crippen LogP contribution in [0.5, 0.6) is 0 Å². The summed E-state index contributed by atoms with van der Waals surface area (Å²) in [5.41, 5.74) is 0.354. The number of methoxy groups -OCH3 is 1. The van der Waals surface area contributed by atoms with Crippen LogP contribution in [-0.2, 0) is 4.74 Å². The summed E-state index contributed by atoms with van der Waals surface area (Å²) in [6.45, 7) is 9.07. The summed E-state index contributed by atoms with van der Waals surface area (Å²) in [4.78, 5) is 14.0. The fourth-order valence-electron chi connectivity index (χ4n) is 3.32. The molecule has 1 amide bonds. The van der Waals surface area contributed by atoms with Gasteiger partial charge >= 0.3 is 6.09 Å². The van der Waals surface area contributed by atoms with Crippen LogP contribution in [0.4, 0.5) is 4.79 Å². The predicted octanol–water partition coefficient (Wildman–Crippen LogP) is 2.63. The van der Waals surface area contributed by atoms with Gasteiger partial charge in [-0.05, 0) is 37.0 Å². The van der Waals surface area contributed by atoms with Crippen LogP contribution in [0.3, 0.4) is 0 Å². The monoisotopic (exact) mass is 268 g/mol. The van der Waals surface area contributed by atoms with Gasteiger partial charge in [0.25, 0.3) is 0 Å². The number of carbonyl (C=O) groups excluding carboxylic acids is 1. The quantitative estimate of drug-likeness (QED) is 0.855. The van der Waals surface area contributed by atoms with E-state index < -0.39 is 0 Å². The molecule has 1 aliphatic heterocycles. The highest BCUT2D eigenvalue weighted by molar-refractivity contribution is 5.67. The van der Waals surface area contributed by atoms with Crippen molar-refractivity contribution in [3.05, 3.63) is 0 Å². The minimum absolute atomic E-state index is 0.245. The molecule has 1 saturated heterocycles. The van der Waals surface area contributed by atoms with E-state index in [1.807, 2.05) is 0 Å². The summed E-state index contributed by atoms with van der Waals surface area (Å²) in [6.07, 6.45) is 4.66. The summed E-state index contributed by atoms with van der Waals surface area (Å²) in [6, 6.07) is 1.01. The predicted molar refractivity (Wildman–Crippen MR) is 76.1 cm³/mol. The Morgan fingerprint density at radius 2 is 2.00 bits per heavy atom. The maximum Gasteiger partial charge on any atom is 0.407 e. The van der Waals surface area contributed by atoms with Gasteiger partial charge in [-0.3, -0.25) is 4.90 Å². The van der Waals surface area contributed by atoms with Crippen molar-refractivity contribution in [2.24, 2.45) is 11.3 Å². The molecule has 2 unspecified atom stereocenters. The van der Waals surface area contributed by atoms with Crippen molar-refractivity contribution >= 4 is 6.09 Å². The summed E-state index contributed by atoms with van der Waals surface area (Å²) in [5, 5.41) is 2.99. The number of piperidine rings is 1. The highest BCUT2D eigenvalue weighted by Gasteiger charge is 2.37. The van der Waals surface area contributed by atoms with Gasteiger partial charge in [-0.25, -0.2) is 4.79 Å². The van der Waals surface area contributed by atoms with Crippen LogP contribution in [0, 0.1) is 11.3 Å². The van der Waals surface area contributed by atoms with E-state index >= 15 is 0 Å². The van der Waals surface area contributed by atoms with Crippen molar-refractivity contribution in [2.75, 3.05) is 20.2 Å². The second kappa shape index (κ2) is 5.70. The minimum atomic E-state index is -0.294. The molecule has 0 radical (unpaired) electrons. The van der Waals surface area contributed by atoms with Crippen LogP contribution in [0.2, 0.25) is 0 Å². The molecule has 4 heteroatoms. The molecule has 2 atom stereocenters. The molecular formula is C15H28N2O2. The lowest BCUT2D eigenvalue weighted by molar-refractivity contribution is 0.101. The van der Waals surface area contributed by atoms with Crippen LogP contribution in [0.1, 0.15) is 46.5 Å². The van der Waals surface area contributed by atoms with Crippen molar-refractivity contribution in [2.45, 2.75) is 58.5 Å². The Kier molecular flexibility index (Phi) is 4.39. The van der Waals surface area contributed by atoms with Crippen LogP contribution < -0.4 is 5.32 Å². The first-order chi connectivity index (χ1) is 8.87. The maximum atomic E-state index is 11.4. The van der Waals surface area contributed by atoms with Crippen molar-refractivity contribution in [3.8, 4) is 0 Å². The maximum absolute atomic E-state index is 11.4. The minimum Gasteiger partial charge on any atom is -0.453 e. The van der Waals surface area contributed by atoms with Gasteiger partial charge in [0, 0.05) is 25.2 Å². The summed E-state index contributed by atoms with van der Waals surface area (Å²) in [5.74, 6) is 0.677. The van der Waals surface area contributed by atoms with E-state index in [1.54, 1.807) is 0 Å². The van der Waals surface area contributed by atoms with Crippen molar-refractivity contribution in [3.63, 3.8) is 0 Å². The molecular weight excluding hydrogens is 240 g/mol. The van der Waals surface area contributed by atoms with Crippen LogP contribution in [-0.4, -0.2) is 43.3 Å². The van der Waals surface area contributed by atoms with E-state index in [2.05, 4.69) is 31.0 Å². The molecule has 0 aromatic carbocycles. The van der Waals surface area contributed by atoms with Crippen molar-refractivity contribution < 1.29 is 9.53 Å². The Morgan fingerprint density at radius 3 is 2.53 bits per heavy atom. The smallest absolute Gasteiger partial charge is 0.407 e. The first kappa shape index (κ1) is 14.6. The molecule has 1 heterocycles. The highest BCUT2D eigenvalue weighted by Crippen LogP contribution is 2.35. The number of hydrogen-bond acceptors (Lipinski definition) is 3. The molecule has 4 nitrogen and oxygen atoms in total. The van der Waals surface area contributed by atoms with Crippen molar-refractivity contribution in [1.82, 2.24) is 10.2 Å². The molecule has 0 spiro atoms. The molecule has 1 aliphatic carbocycles. The SMILES string of the molecule is COC(=O)NC1CC(CC(C)(C)C)CN(C2CC2)C1. The molecule has 2 aliphatic rings. The van der Waals surface area contributed by atoms with E-state index in [0.29, 0.717) is 11.3 Å². The Bertz CT molecular complexity index is 321. The molecule has 110 valence electrons. The van der Waals surface area contributed by atoms with E-state index in [0.717, 1.165) is 19.0 Å². The lowest BCUT2D eigenvalue weighted by atomic mass is 9.80. The second-order valence-corrected chi connectivity index (χ2v) is 7.38. The Morgan fingerprint density at radius 1 is 1.32 bits per heavy atom. The summed E-state index contributed by atoms with van der Waals surface area (Å²) in [7, 11) is 1.43. The van der Waals surface area contributed by atoms with Crippen molar-refractivity contribution in [1.29, 1.82) is 0 Å². The largest absolute Gasteiger partial charge is 0.453 e. The zero-order valence-electron chi connectivity index (χ0n) is 12.7. The number of alkyl carbamates (subject to hydrolysis) is 1. The van der Waals surface area contributed by atoms with Gasteiger partial charge in [0.15, 0.2) is 0 Å². The third-order valence-corrected chi connectivity index (χ3v) is 4.04. The molecule has 2 rings (SSSR count). The lowest BCUT2D eigenvalue weighted by Gasteiger charge is -2.40. The highest BCUT2D eigenvalue weighted by atomic mass is 16.5. The van der Waals surface area contributed by atoms with Gasteiger partial charge in [0.05, 0.1) is 7.11 Å². The molecule has 1 N–H and O–H groups in total. The van der Waals surface area contributed by atoms with Crippen LogP contribution >= 0.6 is 0 Å². The molecule has 0 aromatic rings. The molecule has 19 heavy (non-hydrogen) atoms. The zero-order valence-corrected chi connectivity index (χ0v) is 12.7. The number of carbonyl (C=O) groups is 1. The number of hydrogen-bond donors (Lipinski definition) is 1. The van der Waals surface area contributed by atoms with E-state index in [1.165, 1.54) is 32.9 Å². The lowest BCUT2D eigenvalue weighted by Crippen LogP contribution is -2.51. The molecule has 0 aromatic heterocycles. The third kappa shape index (κ3) is 4.68. The van der Waals surface area contributed by atoms with Gasteiger partial charge < -0.3 is 10.1 Å². The first-order valence-corrected chi connectivity index (χ1v) is 7.46. The number of ether oxygens (including phenoxy) is 1. The Labute approximate surface area is 116 Å². The zero-order chi connectivity index (χ0) is 14.0. The number of amides is 1. The van der Waals surface area contributed by atoms with E-state index in [-0.39, 0.29) is 12.1 Å². The second-order valence-electron chi connectivity index (χ2n) is 7.38. The third-order valence-electron chi connectivity index (χ3n) is 4.04. The molecule has 0 bridgehead atoms. The average Bonchev–Trinajstić information content (AvgIpc) is 3.09. The average molecular weight is 268 g/mol. The number of rotatable bonds is 3. The Hall–Kier alpha value is -0.770. The summed E-state index contributed by atoms with van der Waals surface area (Å²) >= 11 is 0. The Balaban J connectivity index is 1.94. The van der Waals surface area contributed by atoms with Gasteiger partial charge in [-0.2, -0.15) is 0 Å². The number of likely N-dealkylation sites (tertiary alicyclic amines) is 1. The fraction of sp³-hybridized carbons (Fsp3) is 0.933.